The zero-order chi connectivity index (χ0) is 19.9. The Balaban J connectivity index is 1.59. The summed E-state index contributed by atoms with van der Waals surface area (Å²) in [6.07, 6.45) is 6.61. The highest BCUT2D eigenvalue weighted by Gasteiger charge is 2.18. The Morgan fingerprint density at radius 1 is 1.00 bits per heavy atom. The lowest BCUT2D eigenvalue weighted by atomic mass is 10.2. The highest BCUT2D eigenvalue weighted by Crippen LogP contribution is 2.37. The van der Waals surface area contributed by atoms with Crippen molar-refractivity contribution < 1.29 is 13.9 Å². The van der Waals surface area contributed by atoms with Crippen LogP contribution in [0.2, 0.25) is 0 Å². The number of rotatable bonds is 10. The largest absolute Gasteiger partial charge is 0.486 e. The standard InChI is InChI=1S/C23H24N2O3S/c1-2-3-4-8-14-26-23-25-20-19(27-16-17-9-6-5-7-10-17)12-11-18(21(20)28-23)22-24-13-15-29-22/h5-7,9-13,15H,2-4,8,14,16H2,1H3. The Morgan fingerprint density at radius 2 is 1.90 bits per heavy atom. The van der Waals surface area contributed by atoms with Gasteiger partial charge in [0, 0.05) is 11.6 Å². The van der Waals surface area contributed by atoms with E-state index in [0.29, 0.717) is 30.1 Å². The summed E-state index contributed by atoms with van der Waals surface area (Å²) in [6, 6.07) is 14.0. The molecule has 0 spiro atoms. The molecule has 2 aromatic heterocycles. The number of unbranched alkanes of at least 4 members (excludes halogenated alkanes) is 3. The third-order valence-electron chi connectivity index (χ3n) is 4.61. The van der Waals surface area contributed by atoms with Crippen LogP contribution in [0, 0.1) is 0 Å². The number of ether oxygens (including phenoxy) is 2. The molecule has 5 nitrogen and oxygen atoms in total. The average Bonchev–Trinajstić information content (AvgIpc) is 3.43. The van der Waals surface area contributed by atoms with Gasteiger partial charge in [-0.1, -0.05) is 56.5 Å². The van der Waals surface area contributed by atoms with Crippen molar-refractivity contribution in [2.45, 2.75) is 39.2 Å². The number of fused-ring (bicyclic) bond motifs is 1. The Kier molecular flexibility index (Phi) is 6.42. The second-order valence-corrected chi connectivity index (χ2v) is 7.68. The highest BCUT2D eigenvalue weighted by molar-refractivity contribution is 7.13. The second kappa shape index (κ2) is 9.56. The maximum atomic E-state index is 6.05. The predicted molar refractivity (Wildman–Crippen MR) is 116 cm³/mol. The predicted octanol–water partition coefficient (Wildman–Crippen LogP) is 6.49. The quantitative estimate of drug-likeness (QED) is 0.281. The van der Waals surface area contributed by atoms with E-state index in [2.05, 4.69) is 16.9 Å². The van der Waals surface area contributed by atoms with Gasteiger partial charge in [0.25, 0.3) is 0 Å². The first-order valence-electron chi connectivity index (χ1n) is 9.98. The van der Waals surface area contributed by atoms with Crippen molar-refractivity contribution in [1.29, 1.82) is 0 Å². The Bertz CT molecular complexity index is 1030. The molecule has 0 atom stereocenters. The zero-order valence-electron chi connectivity index (χ0n) is 16.5. The van der Waals surface area contributed by atoms with E-state index in [-0.39, 0.29) is 6.08 Å². The van der Waals surface area contributed by atoms with E-state index in [4.69, 9.17) is 13.9 Å². The molecule has 0 fully saturated rings. The van der Waals surface area contributed by atoms with Crippen LogP contribution in [0.25, 0.3) is 21.7 Å². The minimum Gasteiger partial charge on any atom is -0.486 e. The first-order chi connectivity index (χ1) is 14.3. The summed E-state index contributed by atoms with van der Waals surface area (Å²) in [5.74, 6) is 0.675. The van der Waals surface area contributed by atoms with Crippen LogP contribution in [0.4, 0.5) is 0 Å². The van der Waals surface area contributed by atoms with Crippen molar-refractivity contribution in [3.63, 3.8) is 0 Å². The Labute approximate surface area is 174 Å². The van der Waals surface area contributed by atoms with Gasteiger partial charge in [-0.3, -0.25) is 0 Å². The fourth-order valence-corrected chi connectivity index (χ4v) is 3.75. The summed E-state index contributed by atoms with van der Waals surface area (Å²) in [4.78, 5) is 8.99. The van der Waals surface area contributed by atoms with E-state index in [9.17, 15) is 0 Å². The third-order valence-corrected chi connectivity index (χ3v) is 5.42. The van der Waals surface area contributed by atoms with Gasteiger partial charge >= 0.3 is 6.08 Å². The van der Waals surface area contributed by atoms with Gasteiger partial charge in [-0.05, 0) is 24.1 Å². The number of hydrogen-bond acceptors (Lipinski definition) is 6. The first-order valence-corrected chi connectivity index (χ1v) is 10.9. The Hall–Kier alpha value is -2.86. The van der Waals surface area contributed by atoms with Crippen LogP contribution in [-0.4, -0.2) is 16.6 Å². The van der Waals surface area contributed by atoms with Crippen molar-refractivity contribution >= 4 is 22.4 Å². The van der Waals surface area contributed by atoms with Gasteiger partial charge in [0.2, 0.25) is 0 Å². The second-order valence-electron chi connectivity index (χ2n) is 6.79. The molecule has 4 aromatic rings. The fourth-order valence-electron chi connectivity index (χ4n) is 3.09. The van der Waals surface area contributed by atoms with Crippen LogP contribution >= 0.6 is 11.3 Å². The summed E-state index contributed by atoms with van der Waals surface area (Å²) in [5.41, 5.74) is 3.31. The minimum absolute atomic E-state index is 0.282. The Morgan fingerprint density at radius 3 is 2.69 bits per heavy atom. The van der Waals surface area contributed by atoms with Crippen molar-refractivity contribution in [3.8, 4) is 22.4 Å². The van der Waals surface area contributed by atoms with Crippen LogP contribution in [0.15, 0.2) is 58.5 Å². The highest BCUT2D eigenvalue weighted by atomic mass is 32.1. The van der Waals surface area contributed by atoms with Crippen LogP contribution in [0.1, 0.15) is 38.2 Å². The molecule has 4 rings (SSSR count). The molecule has 0 bridgehead atoms. The molecule has 2 aromatic carbocycles. The smallest absolute Gasteiger partial charge is 0.394 e. The number of oxazole rings is 1. The monoisotopic (exact) mass is 408 g/mol. The maximum absolute atomic E-state index is 6.05. The van der Waals surface area contributed by atoms with E-state index < -0.39 is 0 Å². The normalized spacial score (nSPS) is 11.1. The molecular formula is C23H24N2O3S. The van der Waals surface area contributed by atoms with Gasteiger partial charge in [-0.25, -0.2) is 4.98 Å². The van der Waals surface area contributed by atoms with Crippen molar-refractivity contribution in [1.82, 2.24) is 9.97 Å². The van der Waals surface area contributed by atoms with Gasteiger partial charge in [-0.15, -0.1) is 11.3 Å². The van der Waals surface area contributed by atoms with E-state index in [1.54, 1.807) is 17.5 Å². The number of nitrogens with zero attached hydrogens (tertiary/aromatic N) is 2. The molecule has 0 aliphatic heterocycles. The number of benzene rings is 2. The maximum Gasteiger partial charge on any atom is 0.394 e. The van der Waals surface area contributed by atoms with Crippen LogP contribution in [-0.2, 0) is 6.61 Å². The fraction of sp³-hybridized carbons (Fsp3) is 0.304. The average molecular weight is 409 g/mol. The molecule has 0 aliphatic rings. The van der Waals surface area contributed by atoms with E-state index in [1.165, 1.54) is 12.8 Å². The lowest BCUT2D eigenvalue weighted by molar-refractivity contribution is 0.230. The lowest BCUT2D eigenvalue weighted by Gasteiger charge is -2.07. The molecule has 2 heterocycles. The van der Waals surface area contributed by atoms with E-state index >= 15 is 0 Å². The summed E-state index contributed by atoms with van der Waals surface area (Å²) >= 11 is 1.56. The summed E-state index contributed by atoms with van der Waals surface area (Å²) in [6.45, 7) is 3.25. The van der Waals surface area contributed by atoms with Crippen LogP contribution in [0.3, 0.4) is 0 Å². The zero-order valence-corrected chi connectivity index (χ0v) is 17.3. The minimum atomic E-state index is 0.282. The van der Waals surface area contributed by atoms with Gasteiger partial charge in [0.05, 0.1) is 12.2 Å². The van der Waals surface area contributed by atoms with Gasteiger partial charge in [0.15, 0.2) is 11.1 Å². The molecule has 6 heteroatoms. The van der Waals surface area contributed by atoms with Crippen LogP contribution < -0.4 is 9.47 Å². The summed E-state index contributed by atoms with van der Waals surface area (Å²) in [7, 11) is 0. The van der Waals surface area contributed by atoms with E-state index in [1.807, 2.05) is 47.8 Å². The molecule has 0 aliphatic carbocycles. The number of aromatic nitrogens is 2. The molecule has 0 N–H and O–H groups in total. The van der Waals surface area contributed by atoms with Gasteiger partial charge in [0.1, 0.15) is 17.4 Å². The van der Waals surface area contributed by atoms with Crippen molar-refractivity contribution in [2.24, 2.45) is 0 Å². The van der Waals surface area contributed by atoms with Crippen molar-refractivity contribution in [2.75, 3.05) is 6.61 Å². The third kappa shape index (κ3) is 4.77. The molecule has 0 saturated carbocycles. The van der Waals surface area contributed by atoms with Crippen molar-refractivity contribution in [3.05, 3.63) is 59.6 Å². The summed E-state index contributed by atoms with van der Waals surface area (Å²) < 4.78 is 17.8. The number of hydrogen-bond donors (Lipinski definition) is 0. The molecule has 0 amide bonds. The van der Waals surface area contributed by atoms with Gasteiger partial charge < -0.3 is 13.9 Å². The first kappa shape index (κ1) is 19.5. The molecule has 150 valence electrons. The van der Waals surface area contributed by atoms with Gasteiger partial charge in [-0.2, -0.15) is 4.98 Å². The molecule has 29 heavy (non-hydrogen) atoms. The summed E-state index contributed by atoms with van der Waals surface area (Å²) in [5, 5.41) is 2.83. The van der Waals surface area contributed by atoms with Crippen LogP contribution in [0.5, 0.6) is 11.8 Å². The van der Waals surface area contributed by atoms with E-state index in [0.717, 1.165) is 29.0 Å². The topological polar surface area (TPSA) is 57.4 Å². The molecular weight excluding hydrogens is 384 g/mol. The SMILES string of the molecule is CCCCCCOc1nc2c(OCc3ccccc3)ccc(-c3nccs3)c2o1. The molecule has 0 unspecified atom stereocenters. The molecule has 0 radical (unpaired) electrons. The molecule has 0 saturated heterocycles. The number of thiazole rings is 1. The lowest BCUT2D eigenvalue weighted by Crippen LogP contribution is -1.97.